The number of Topliss-reactive ketones (excluding diaryl/α,β-unsaturated/α-hetero) is 3. The van der Waals surface area contributed by atoms with Gasteiger partial charge in [0.25, 0.3) is 0 Å². The van der Waals surface area contributed by atoms with Crippen LogP contribution >= 0.6 is 0 Å². The molecule has 1 aliphatic rings. The Morgan fingerprint density at radius 2 is 1.41 bits per heavy atom. The van der Waals surface area contributed by atoms with Gasteiger partial charge in [0.1, 0.15) is 0 Å². The molecule has 39 heavy (non-hydrogen) atoms. The highest BCUT2D eigenvalue weighted by Gasteiger charge is 2.56. The average molecular weight is 523 g/mol. The first kappa shape index (κ1) is 26.1. The van der Waals surface area contributed by atoms with E-state index in [1.165, 1.54) is 18.0 Å². The zero-order chi connectivity index (χ0) is 28.1. The number of nitrogens with one attached hydrogen (secondary N) is 2. The van der Waals surface area contributed by atoms with E-state index >= 15 is 0 Å². The number of hydrogen-bond acceptors (Lipinski definition) is 5. The molecular weight excluding hydrogens is 492 g/mol. The lowest BCUT2D eigenvalue weighted by Gasteiger charge is -2.28. The Balaban J connectivity index is 1.59. The van der Waals surface area contributed by atoms with Gasteiger partial charge in [-0.05, 0) is 69.9 Å². The van der Waals surface area contributed by atoms with Gasteiger partial charge in [-0.3, -0.25) is 14.4 Å². The fourth-order valence-electron chi connectivity index (χ4n) is 5.01. The fraction of sp³-hybridized carbons (Fsp3) is 0.219. The van der Waals surface area contributed by atoms with Crippen molar-refractivity contribution in [3.05, 3.63) is 100 Å². The molecule has 4 aromatic rings. The van der Waals surface area contributed by atoms with Gasteiger partial charge < -0.3 is 20.2 Å². The summed E-state index contributed by atoms with van der Waals surface area (Å²) in [6.45, 7) is 8.01. The zero-order valence-electron chi connectivity index (χ0n) is 22.3. The number of benzene rings is 2. The summed E-state index contributed by atoms with van der Waals surface area (Å²) in [4.78, 5) is 46.5. The highest BCUT2D eigenvalue weighted by Crippen LogP contribution is 2.40. The van der Waals surface area contributed by atoms with E-state index in [1.807, 2.05) is 58.0 Å². The molecule has 0 amide bonds. The summed E-state index contributed by atoms with van der Waals surface area (Å²) in [6.07, 6.45) is 8.33. The van der Waals surface area contributed by atoms with Crippen molar-refractivity contribution < 1.29 is 24.6 Å². The standard InChI is InChI=1S/C32H30N2O5/c1-17(2)5-7-19-10-12-25-22(13-19)23(15-33-25)27-28(35)30(37)32(39,31(38)29(27)36)24-16-34-26-14-20(8-6-18(3)4)9-11-21(24)26/h5-6,9-16,33-35,39H,7-8H2,1-4H3. The van der Waals surface area contributed by atoms with E-state index in [4.69, 9.17) is 0 Å². The van der Waals surface area contributed by atoms with Gasteiger partial charge in [-0.15, -0.1) is 0 Å². The minimum atomic E-state index is -2.84. The van der Waals surface area contributed by atoms with Gasteiger partial charge in [0.15, 0.2) is 5.76 Å². The van der Waals surface area contributed by atoms with Crippen molar-refractivity contribution in [1.29, 1.82) is 0 Å². The van der Waals surface area contributed by atoms with Crippen molar-refractivity contribution in [2.45, 2.75) is 46.1 Å². The Labute approximate surface area is 225 Å². The van der Waals surface area contributed by atoms with E-state index in [2.05, 4.69) is 22.1 Å². The molecule has 0 bridgehead atoms. The van der Waals surface area contributed by atoms with Crippen molar-refractivity contribution in [1.82, 2.24) is 9.97 Å². The molecule has 1 aliphatic carbocycles. The van der Waals surface area contributed by atoms with Crippen LogP contribution in [0.1, 0.15) is 49.9 Å². The maximum Gasteiger partial charge on any atom is 0.247 e. The first-order valence-corrected chi connectivity index (χ1v) is 12.8. The molecule has 2 aromatic heterocycles. The van der Waals surface area contributed by atoms with Crippen molar-refractivity contribution >= 4 is 44.7 Å². The van der Waals surface area contributed by atoms with Crippen molar-refractivity contribution in [2.75, 3.05) is 0 Å². The molecule has 2 heterocycles. The number of aliphatic hydroxyl groups excluding tert-OH is 1. The quantitative estimate of drug-likeness (QED) is 0.150. The number of allylic oxidation sites excluding steroid dienone is 5. The number of fused-ring (bicyclic) bond motifs is 2. The molecule has 0 radical (unpaired) electrons. The van der Waals surface area contributed by atoms with Crippen LogP contribution in [0.2, 0.25) is 0 Å². The summed E-state index contributed by atoms with van der Waals surface area (Å²) in [5.41, 5.74) is 2.48. The third-order valence-electron chi connectivity index (χ3n) is 7.19. The molecule has 4 N–H and O–H groups in total. The normalized spacial score (nSPS) is 17.8. The van der Waals surface area contributed by atoms with E-state index in [9.17, 15) is 24.6 Å². The third kappa shape index (κ3) is 4.34. The summed E-state index contributed by atoms with van der Waals surface area (Å²) in [5.74, 6) is -4.59. The van der Waals surface area contributed by atoms with Gasteiger partial charge in [-0.2, -0.15) is 0 Å². The predicted octanol–water partition coefficient (Wildman–Crippen LogP) is 5.54. The second kappa shape index (κ2) is 9.67. The Bertz CT molecular complexity index is 1770. The maximum absolute atomic E-state index is 13.5. The monoisotopic (exact) mass is 522 g/mol. The maximum atomic E-state index is 13.5. The number of carbonyl (C=O) groups is 3. The van der Waals surface area contributed by atoms with Crippen LogP contribution in [-0.2, 0) is 32.8 Å². The molecule has 198 valence electrons. The molecule has 7 nitrogen and oxygen atoms in total. The number of aromatic nitrogens is 2. The van der Waals surface area contributed by atoms with Crippen LogP contribution in [0.3, 0.4) is 0 Å². The lowest BCUT2D eigenvalue weighted by Crippen LogP contribution is -2.51. The summed E-state index contributed by atoms with van der Waals surface area (Å²) >= 11 is 0. The molecule has 1 atom stereocenters. The Morgan fingerprint density at radius 3 is 2.08 bits per heavy atom. The number of carbonyl (C=O) groups excluding carboxylic acids is 3. The van der Waals surface area contributed by atoms with Crippen LogP contribution < -0.4 is 0 Å². The van der Waals surface area contributed by atoms with Gasteiger partial charge in [0, 0.05) is 45.3 Å². The first-order valence-electron chi connectivity index (χ1n) is 12.8. The number of rotatable bonds is 6. The van der Waals surface area contributed by atoms with E-state index in [1.54, 1.807) is 6.07 Å². The van der Waals surface area contributed by atoms with E-state index in [0.29, 0.717) is 34.6 Å². The van der Waals surface area contributed by atoms with Crippen molar-refractivity contribution in [3.63, 3.8) is 0 Å². The molecule has 0 spiro atoms. The topological polar surface area (TPSA) is 123 Å². The number of aromatic amines is 2. The highest BCUT2D eigenvalue weighted by atomic mass is 16.3. The summed E-state index contributed by atoms with van der Waals surface area (Å²) in [7, 11) is 0. The summed E-state index contributed by atoms with van der Waals surface area (Å²) in [5, 5.41) is 23.5. The predicted molar refractivity (Wildman–Crippen MR) is 151 cm³/mol. The third-order valence-corrected chi connectivity index (χ3v) is 7.19. The molecular formula is C32H30N2O5. The number of ketones is 3. The second-order valence-corrected chi connectivity index (χ2v) is 10.6. The van der Waals surface area contributed by atoms with Crippen molar-refractivity contribution in [3.8, 4) is 0 Å². The SMILES string of the molecule is CC(C)=CCc1ccc2c(C3(O)C(=O)C(=O)C(c4c[nH]c5ccc(CC=C(C)C)cc45)=C(O)C3=O)c[nH]c2c1. The highest BCUT2D eigenvalue weighted by molar-refractivity contribution is 6.63. The Hall–Kier alpha value is -4.49. The zero-order valence-corrected chi connectivity index (χ0v) is 22.3. The summed E-state index contributed by atoms with van der Waals surface area (Å²) < 4.78 is 0. The van der Waals surface area contributed by atoms with E-state index < -0.39 is 34.3 Å². The Kier molecular flexibility index (Phi) is 6.48. The second-order valence-electron chi connectivity index (χ2n) is 10.6. The van der Waals surface area contributed by atoms with Gasteiger partial charge in [0.2, 0.25) is 23.0 Å². The average Bonchev–Trinajstić information content (AvgIpc) is 3.53. The van der Waals surface area contributed by atoms with E-state index in [-0.39, 0.29) is 11.1 Å². The van der Waals surface area contributed by atoms with Gasteiger partial charge in [0.05, 0.1) is 5.57 Å². The minimum Gasteiger partial charge on any atom is -0.504 e. The van der Waals surface area contributed by atoms with Gasteiger partial charge in [-0.1, -0.05) is 41.5 Å². The number of aliphatic hydroxyl groups is 2. The Morgan fingerprint density at radius 1 is 0.795 bits per heavy atom. The fourth-order valence-corrected chi connectivity index (χ4v) is 5.01. The molecule has 0 aliphatic heterocycles. The largest absolute Gasteiger partial charge is 0.504 e. The molecule has 7 heteroatoms. The van der Waals surface area contributed by atoms with Crippen LogP contribution in [0.5, 0.6) is 0 Å². The van der Waals surface area contributed by atoms with Gasteiger partial charge >= 0.3 is 0 Å². The molecule has 5 rings (SSSR count). The number of hydrogen-bond donors (Lipinski definition) is 4. The van der Waals surface area contributed by atoms with Crippen LogP contribution in [0.25, 0.3) is 27.4 Å². The lowest BCUT2D eigenvalue weighted by molar-refractivity contribution is -0.156. The molecule has 1 unspecified atom stereocenters. The molecule has 0 saturated heterocycles. The summed E-state index contributed by atoms with van der Waals surface area (Å²) in [6, 6.07) is 11.0. The van der Waals surface area contributed by atoms with Crippen molar-refractivity contribution in [2.24, 2.45) is 0 Å². The van der Waals surface area contributed by atoms with Crippen LogP contribution in [0.4, 0.5) is 0 Å². The molecule has 0 saturated carbocycles. The number of H-pyrrole nitrogens is 2. The van der Waals surface area contributed by atoms with E-state index in [0.717, 1.165) is 16.7 Å². The van der Waals surface area contributed by atoms with Gasteiger partial charge in [-0.25, -0.2) is 0 Å². The minimum absolute atomic E-state index is 0.0665. The smallest absolute Gasteiger partial charge is 0.247 e. The first-order chi connectivity index (χ1) is 18.5. The molecule has 2 aromatic carbocycles. The van der Waals surface area contributed by atoms with Crippen LogP contribution in [-0.4, -0.2) is 37.5 Å². The molecule has 0 fully saturated rings. The lowest BCUT2D eigenvalue weighted by atomic mass is 9.75. The van der Waals surface area contributed by atoms with Crippen LogP contribution in [0.15, 0.2) is 77.8 Å². The van der Waals surface area contributed by atoms with Crippen LogP contribution in [0, 0.1) is 0 Å².